The number of hydrogen-bond acceptors (Lipinski definition) is 4. The number of carbonyl (C=O) groups is 2. The Morgan fingerprint density at radius 2 is 1.69 bits per heavy atom. The summed E-state index contributed by atoms with van der Waals surface area (Å²) in [5.74, 6) is 2.35. The Kier molecular flexibility index (Phi) is 6.12. The summed E-state index contributed by atoms with van der Waals surface area (Å²) in [4.78, 5) is 23.1. The highest BCUT2D eigenvalue weighted by Crippen LogP contribution is 2.62. The van der Waals surface area contributed by atoms with E-state index in [1.165, 1.54) is 46.0 Å². The molecule has 0 unspecified atom stereocenters. The van der Waals surface area contributed by atoms with Gasteiger partial charge in [0.25, 0.3) is 0 Å². The summed E-state index contributed by atoms with van der Waals surface area (Å²) in [5, 5.41) is 0. The Balaban J connectivity index is 2.00. The Hall–Kier alpha value is -1.84. The van der Waals surface area contributed by atoms with Crippen LogP contribution >= 0.6 is 0 Å². The van der Waals surface area contributed by atoms with Crippen LogP contribution in [0, 0.1) is 28.6 Å². The summed E-state index contributed by atoms with van der Waals surface area (Å²) in [7, 11) is 0. The second-order valence-electron chi connectivity index (χ2n) is 9.97. The predicted molar refractivity (Wildman–Crippen MR) is 114 cm³/mol. The first kappa shape index (κ1) is 21.9. The lowest BCUT2D eigenvalue weighted by Gasteiger charge is -2.60. The number of fused-ring (bicyclic) bond motifs is 1. The first-order valence-corrected chi connectivity index (χ1v) is 11.1. The SMILES string of the molecule is CC(=O)Oc1ccc(OC(C)=O)c(C[C@@]2(C)[C@@H]3CCC[C@H](C)[C@@]3(C)CC[C@@H]2C)c1. The van der Waals surface area contributed by atoms with Gasteiger partial charge in [0.05, 0.1) is 0 Å². The minimum Gasteiger partial charge on any atom is -0.427 e. The van der Waals surface area contributed by atoms with Gasteiger partial charge in [-0.2, -0.15) is 0 Å². The van der Waals surface area contributed by atoms with E-state index in [1.54, 1.807) is 12.1 Å². The van der Waals surface area contributed by atoms with Crippen molar-refractivity contribution >= 4 is 11.9 Å². The van der Waals surface area contributed by atoms with Gasteiger partial charge in [-0.3, -0.25) is 9.59 Å². The maximum atomic E-state index is 11.7. The van der Waals surface area contributed by atoms with Crippen molar-refractivity contribution in [1.82, 2.24) is 0 Å². The highest BCUT2D eigenvalue weighted by molar-refractivity contribution is 5.71. The fourth-order valence-corrected chi connectivity index (χ4v) is 6.22. The maximum absolute atomic E-state index is 11.7. The van der Waals surface area contributed by atoms with Crippen LogP contribution in [0.15, 0.2) is 18.2 Å². The molecule has 0 spiro atoms. The molecule has 160 valence electrons. The molecule has 2 aliphatic rings. The van der Waals surface area contributed by atoms with Gasteiger partial charge in [0.1, 0.15) is 11.5 Å². The third-order valence-electron chi connectivity index (χ3n) is 8.21. The topological polar surface area (TPSA) is 52.6 Å². The molecule has 0 N–H and O–H groups in total. The second-order valence-corrected chi connectivity index (χ2v) is 9.97. The number of hydrogen-bond donors (Lipinski definition) is 0. The molecule has 0 heterocycles. The van der Waals surface area contributed by atoms with E-state index in [0.29, 0.717) is 28.7 Å². The maximum Gasteiger partial charge on any atom is 0.308 e. The smallest absolute Gasteiger partial charge is 0.308 e. The lowest BCUT2D eigenvalue weighted by Crippen LogP contribution is -2.53. The fourth-order valence-electron chi connectivity index (χ4n) is 6.22. The lowest BCUT2D eigenvalue weighted by molar-refractivity contribution is -0.133. The van der Waals surface area contributed by atoms with E-state index in [9.17, 15) is 9.59 Å². The van der Waals surface area contributed by atoms with Gasteiger partial charge in [0.2, 0.25) is 0 Å². The van der Waals surface area contributed by atoms with Crippen LogP contribution in [-0.2, 0) is 16.0 Å². The van der Waals surface area contributed by atoms with Crippen LogP contribution in [0.5, 0.6) is 11.5 Å². The fraction of sp³-hybridized carbons (Fsp3) is 0.680. The Morgan fingerprint density at radius 3 is 2.34 bits per heavy atom. The number of carbonyl (C=O) groups excluding carboxylic acids is 2. The number of benzene rings is 1. The van der Waals surface area contributed by atoms with Crippen LogP contribution in [-0.4, -0.2) is 11.9 Å². The van der Waals surface area contributed by atoms with Crippen LogP contribution in [0.4, 0.5) is 0 Å². The summed E-state index contributed by atoms with van der Waals surface area (Å²) in [5.41, 5.74) is 1.41. The molecule has 2 aliphatic carbocycles. The standard InChI is InChI=1S/C25H36O4/c1-16-8-7-9-23-24(16,5)13-12-17(2)25(23,6)15-20-14-21(28-18(3)26)10-11-22(20)29-19(4)27/h10-11,14,16-17,23H,7-9,12-13,15H2,1-6H3/t16-,17-,23+,24+,25+/m0/s1. The first-order valence-electron chi connectivity index (χ1n) is 11.1. The molecule has 3 rings (SSSR count). The molecule has 29 heavy (non-hydrogen) atoms. The highest BCUT2D eigenvalue weighted by atomic mass is 16.5. The molecule has 2 fully saturated rings. The molecular formula is C25H36O4. The molecule has 4 nitrogen and oxygen atoms in total. The van der Waals surface area contributed by atoms with E-state index in [-0.39, 0.29) is 17.4 Å². The second kappa shape index (κ2) is 8.12. The lowest BCUT2D eigenvalue weighted by atomic mass is 9.45. The van der Waals surface area contributed by atoms with E-state index >= 15 is 0 Å². The average Bonchev–Trinajstić information content (AvgIpc) is 2.62. The number of ether oxygens (including phenoxy) is 2. The number of rotatable bonds is 4. The van der Waals surface area contributed by atoms with Gasteiger partial charge >= 0.3 is 11.9 Å². The zero-order valence-corrected chi connectivity index (χ0v) is 18.8. The molecule has 2 saturated carbocycles. The van der Waals surface area contributed by atoms with Gasteiger partial charge in [-0.25, -0.2) is 0 Å². The summed E-state index contributed by atoms with van der Waals surface area (Å²) in [6.45, 7) is 12.5. The molecule has 0 aliphatic heterocycles. The van der Waals surface area contributed by atoms with Gasteiger partial charge in [-0.15, -0.1) is 0 Å². The van der Waals surface area contributed by atoms with Crippen molar-refractivity contribution < 1.29 is 19.1 Å². The Morgan fingerprint density at radius 1 is 1.00 bits per heavy atom. The third-order valence-corrected chi connectivity index (χ3v) is 8.21. The monoisotopic (exact) mass is 400 g/mol. The molecule has 5 atom stereocenters. The molecule has 0 saturated heterocycles. The van der Waals surface area contributed by atoms with Crippen molar-refractivity contribution in [2.75, 3.05) is 0 Å². The van der Waals surface area contributed by atoms with Crippen molar-refractivity contribution in [1.29, 1.82) is 0 Å². The Labute approximate surface area is 175 Å². The normalized spacial score (nSPS) is 34.2. The van der Waals surface area contributed by atoms with Crippen LogP contribution in [0.1, 0.15) is 79.2 Å². The van der Waals surface area contributed by atoms with E-state index in [4.69, 9.17) is 9.47 Å². The zero-order chi connectivity index (χ0) is 21.4. The quantitative estimate of drug-likeness (QED) is 0.462. The van der Waals surface area contributed by atoms with Crippen molar-refractivity contribution in [2.24, 2.45) is 28.6 Å². The van der Waals surface area contributed by atoms with Gasteiger partial charge in [0, 0.05) is 13.8 Å². The van der Waals surface area contributed by atoms with Gasteiger partial charge in [-0.1, -0.05) is 40.5 Å². The minimum absolute atomic E-state index is 0.103. The van der Waals surface area contributed by atoms with Crippen LogP contribution in [0.25, 0.3) is 0 Å². The van der Waals surface area contributed by atoms with Crippen LogP contribution < -0.4 is 9.47 Å². The molecule has 1 aromatic rings. The van der Waals surface area contributed by atoms with Gasteiger partial charge in [-0.05, 0) is 78.0 Å². The molecule has 0 bridgehead atoms. The third kappa shape index (κ3) is 4.22. The molecule has 4 heteroatoms. The van der Waals surface area contributed by atoms with Crippen molar-refractivity contribution in [2.45, 2.75) is 80.1 Å². The number of esters is 2. The van der Waals surface area contributed by atoms with E-state index in [2.05, 4.69) is 27.7 Å². The first-order chi connectivity index (χ1) is 13.6. The average molecular weight is 401 g/mol. The zero-order valence-electron chi connectivity index (χ0n) is 18.8. The van der Waals surface area contributed by atoms with E-state index in [1.807, 2.05) is 6.07 Å². The largest absolute Gasteiger partial charge is 0.427 e. The van der Waals surface area contributed by atoms with E-state index < -0.39 is 0 Å². The summed E-state index contributed by atoms with van der Waals surface area (Å²) >= 11 is 0. The Bertz CT molecular complexity index is 785. The molecule has 0 amide bonds. The molecule has 0 aromatic heterocycles. The van der Waals surface area contributed by atoms with Crippen LogP contribution in [0.2, 0.25) is 0 Å². The van der Waals surface area contributed by atoms with Crippen molar-refractivity contribution in [3.8, 4) is 11.5 Å². The van der Waals surface area contributed by atoms with Gasteiger partial charge < -0.3 is 9.47 Å². The molecule has 1 aromatic carbocycles. The summed E-state index contributed by atoms with van der Waals surface area (Å²) in [6, 6.07) is 5.34. The van der Waals surface area contributed by atoms with Gasteiger partial charge in [0.15, 0.2) is 0 Å². The highest BCUT2D eigenvalue weighted by Gasteiger charge is 2.55. The molecular weight excluding hydrogens is 364 g/mol. The minimum atomic E-state index is -0.345. The summed E-state index contributed by atoms with van der Waals surface area (Å²) in [6.07, 6.45) is 7.19. The van der Waals surface area contributed by atoms with Crippen molar-refractivity contribution in [3.63, 3.8) is 0 Å². The summed E-state index contributed by atoms with van der Waals surface area (Å²) < 4.78 is 10.9. The predicted octanol–water partition coefficient (Wildman–Crippen LogP) is 5.96. The van der Waals surface area contributed by atoms with Crippen molar-refractivity contribution in [3.05, 3.63) is 23.8 Å². The van der Waals surface area contributed by atoms with Crippen LogP contribution in [0.3, 0.4) is 0 Å². The molecule has 0 radical (unpaired) electrons. The van der Waals surface area contributed by atoms with E-state index in [0.717, 1.165) is 17.9 Å².